The molecule has 2 aliphatic heterocycles. The van der Waals surface area contributed by atoms with E-state index in [9.17, 15) is 9.59 Å². The number of amides is 1. The largest absolute Gasteiger partial charge is 0.320 e. The highest BCUT2D eigenvalue weighted by molar-refractivity contribution is 5.91. The van der Waals surface area contributed by atoms with Gasteiger partial charge < -0.3 is 10.6 Å². The lowest BCUT2D eigenvalue weighted by atomic mass is 9.89. The van der Waals surface area contributed by atoms with Crippen LogP contribution in [0.2, 0.25) is 0 Å². The summed E-state index contributed by atoms with van der Waals surface area (Å²) in [5.74, 6) is 0.358. The SMILES string of the molecule is Cc1c(NC(=O)CC2CC3CCC(C2)N3)c(=O)n(-c2ccccc2)n1C. The summed E-state index contributed by atoms with van der Waals surface area (Å²) in [7, 11) is 1.84. The quantitative estimate of drug-likeness (QED) is 0.886. The number of carbonyl (C=O) groups is 1. The third kappa shape index (κ3) is 3.09. The molecule has 138 valence electrons. The van der Waals surface area contributed by atoms with Crippen molar-refractivity contribution in [3.8, 4) is 5.69 Å². The molecule has 2 fully saturated rings. The third-order valence-electron chi connectivity index (χ3n) is 5.86. The number of anilines is 1. The van der Waals surface area contributed by atoms with Crippen LogP contribution in [0.3, 0.4) is 0 Å². The number of para-hydroxylation sites is 1. The van der Waals surface area contributed by atoms with Crippen LogP contribution in [0.25, 0.3) is 5.69 Å². The van der Waals surface area contributed by atoms with E-state index in [0.717, 1.165) is 24.2 Å². The van der Waals surface area contributed by atoms with Gasteiger partial charge in [-0.25, -0.2) is 4.68 Å². The Kier molecular flexibility index (Phi) is 4.44. The number of nitrogens with one attached hydrogen (secondary N) is 2. The van der Waals surface area contributed by atoms with Crippen molar-refractivity contribution in [2.45, 2.75) is 51.1 Å². The van der Waals surface area contributed by atoms with Crippen molar-refractivity contribution in [3.63, 3.8) is 0 Å². The molecule has 1 aromatic heterocycles. The van der Waals surface area contributed by atoms with E-state index in [2.05, 4.69) is 10.6 Å². The summed E-state index contributed by atoms with van der Waals surface area (Å²) in [6.45, 7) is 1.86. The van der Waals surface area contributed by atoms with E-state index in [-0.39, 0.29) is 11.5 Å². The van der Waals surface area contributed by atoms with Gasteiger partial charge in [0.2, 0.25) is 5.91 Å². The lowest BCUT2D eigenvalue weighted by molar-refractivity contribution is -0.117. The van der Waals surface area contributed by atoms with E-state index in [1.165, 1.54) is 12.8 Å². The van der Waals surface area contributed by atoms with Crippen LogP contribution in [-0.4, -0.2) is 27.4 Å². The van der Waals surface area contributed by atoms with Crippen molar-refractivity contribution in [1.82, 2.24) is 14.7 Å². The number of fused-ring (bicyclic) bond motifs is 2. The minimum Gasteiger partial charge on any atom is -0.320 e. The van der Waals surface area contributed by atoms with E-state index in [0.29, 0.717) is 30.1 Å². The van der Waals surface area contributed by atoms with Gasteiger partial charge in [-0.3, -0.25) is 14.3 Å². The van der Waals surface area contributed by atoms with E-state index < -0.39 is 0 Å². The molecule has 0 saturated carbocycles. The fourth-order valence-corrected chi connectivity index (χ4v) is 4.51. The molecule has 4 rings (SSSR count). The number of piperidine rings is 1. The number of benzene rings is 1. The van der Waals surface area contributed by atoms with Crippen molar-refractivity contribution in [2.24, 2.45) is 13.0 Å². The van der Waals surface area contributed by atoms with Crippen LogP contribution in [0.5, 0.6) is 0 Å². The maximum absolute atomic E-state index is 12.9. The van der Waals surface area contributed by atoms with E-state index in [1.54, 1.807) is 9.36 Å². The Morgan fingerprint density at radius 3 is 2.50 bits per heavy atom. The second kappa shape index (κ2) is 6.76. The van der Waals surface area contributed by atoms with Crippen molar-refractivity contribution in [1.29, 1.82) is 0 Å². The zero-order valence-electron chi connectivity index (χ0n) is 15.4. The Morgan fingerprint density at radius 2 is 1.85 bits per heavy atom. The first-order valence-corrected chi connectivity index (χ1v) is 9.43. The lowest BCUT2D eigenvalue weighted by Gasteiger charge is -2.28. The Balaban J connectivity index is 1.51. The highest BCUT2D eigenvalue weighted by atomic mass is 16.2. The molecule has 26 heavy (non-hydrogen) atoms. The molecule has 1 amide bonds. The zero-order chi connectivity index (χ0) is 18.3. The average Bonchev–Trinajstić information content (AvgIpc) is 3.07. The van der Waals surface area contributed by atoms with Gasteiger partial charge >= 0.3 is 0 Å². The standard InChI is InChI=1S/C20H26N4O2/c1-13-19(20(26)24(23(13)2)17-6-4-3-5-7-17)22-18(25)12-14-10-15-8-9-16(11-14)21-15/h3-7,14-16,21H,8-12H2,1-2H3,(H,22,25). The predicted molar refractivity (Wildman–Crippen MR) is 102 cm³/mol. The first-order chi connectivity index (χ1) is 12.5. The predicted octanol–water partition coefficient (Wildman–Crippen LogP) is 2.34. The van der Waals surface area contributed by atoms with Crippen LogP contribution in [0.4, 0.5) is 5.69 Å². The van der Waals surface area contributed by atoms with Crippen molar-refractivity contribution < 1.29 is 4.79 Å². The Bertz CT molecular complexity index is 856. The van der Waals surface area contributed by atoms with Gasteiger partial charge in [0.25, 0.3) is 5.56 Å². The van der Waals surface area contributed by atoms with Crippen LogP contribution in [-0.2, 0) is 11.8 Å². The van der Waals surface area contributed by atoms with Gasteiger partial charge in [0.15, 0.2) is 0 Å². The summed E-state index contributed by atoms with van der Waals surface area (Å²) in [5.41, 5.74) is 1.75. The maximum atomic E-state index is 12.9. The fourth-order valence-electron chi connectivity index (χ4n) is 4.51. The molecular formula is C20H26N4O2. The molecule has 0 aliphatic carbocycles. The fraction of sp³-hybridized carbons (Fsp3) is 0.500. The summed E-state index contributed by atoms with van der Waals surface area (Å²) < 4.78 is 3.38. The number of nitrogens with zero attached hydrogens (tertiary/aromatic N) is 2. The molecule has 0 spiro atoms. The van der Waals surface area contributed by atoms with Crippen molar-refractivity contribution in [2.75, 3.05) is 5.32 Å². The Labute approximate surface area is 153 Å². The van der Waals surface area contributed by atoms with E-state index in [1.807, 2.05) is 44.3 Å². The van der Waals surface area contributed by atoms with E-state index in [4.69, 9.17) is 0 Å². The molecule has 2 bridgehead atoms. The molecule has 2 N–H and O–H groups in total. The molecule has 2 aliphatic rings. The highest BCUT2D eigenvalue weighted by Crippen LogP contribution is 2.32. The minimum atomic E-state index is -0.185. The van der Waals surface area contributed by atoms with Crippen LogP contribution >= 0.6 is 0 Å². The maximum Gasteiger partial charge on any atom is 0.295 e. The summed E-state index contributed by atoms with van der Waals surface area (Å²) in [6, 6.07) is 10.6. The molecule has 1 aromatic carbocycles. The molecular weight excluding hydrogens is 328 g/mol. The number of carbonyl (C=O) groups excluding carboxylic acids is 1. The monoisotopic (exact) mass is 354 g/mol. The highest BCUT2D eigenvalue weighted by Gasteiger charge is 2.34. The zero-order valence-corrected chi connectivity index (χ0v) is 15.4. The number of rotatable bonds is 4. The van der Waals surface area contributed by atoms with Crippen LogP contribution in [0, 0.1) is 12.8 Å². The summed E-state index contributed by atoms with van der Waals surface area (Å²) in [6.07, 6.45) is 5.07. The normalized spacial score (nSPS) is 24.6. The van der Waals surface area contributed by atoms with Crippen LogP contribution < -0.4 is 16.2 Å². The summed E-state index contributed by atoms with van der Waals surface area (Å²) in [4.78, 5) is 25.5. The van der Waals surface area contributed by atoms with Gasteiger partial charge in [0, 0.05) is 25.6 Å². The first-order valence-electron chi connectivity index (χ1n) is 9.43. The smallest absolute Gasteiger partial charge is 0.295 e. The molecule has 6 nitrogen and oxygen atoms in total. The topological polar surface area (TPSA) is 68.1 Å². The lowest BCUT2D eigenvalue weighted by Crippen LogP contribution is -2.39. The van der Waals surface area contributed by atoms with Gasteiger partial charge in [0.05, 0.1) is 11.4 Å². The second-order valence-electron chi connectivity index (χ2n) is 7.66. The molecule has 2 atom stereocenters. The van der Waals surface area contributed by atoms with Crippen molar-refractivity contribution >= 4 is 11.6 Å². The summed E-state index contributed by atoms with van der Waals surface area (Å²) >= 11 is 0. The second-order valence-corrected chi connectivity index (χ2v) is 7.66. The van der Waals surface area contributed by atoms with Gasteiger partial charge in [-0.2, -0.15) is 0 Å². The number of hydrogen-bond acceptors (Lipinski definition) is 3. The number of hydrogen-bond donors (Lipinski definition) is 2. The molecule has 2 aromatic rings. The van der Waals surface area contributed by atoms with Crippen molar-refractivity contribution in [3.05, 3.63) is 46.4 Å². The van der Waals surface area contributed by atoms with Gasteiger partial charge in [-0.1, -0.05) is 18.2 Å². The third-order valence-corrected chi connectivity index (χ3v) is 5.86. The molecule has 3 heterocycles. The Morgan fingerprint density at radius 1 is 1.19 bits per heavy atom. The van der Waals surface area contributed by atoms with Gasteiger partial charge in [-0.15, -0.1) is 0 Å². The van der Waals surface area contributed by atoms with Crippen LogP contribution in [0.1, 0.15) is 37.8 Å². The Hall–Kier alpha value is -2.34. The van der Waals surface area contributed by atoms with E-state index >= 15 is 0 Å². The minimum absolute atomic E-state index is 0.0534. The van der Waals surface area contributed by atoms with Gasteiger partial charge in [0.1, 0.15) is 5.69 Å². The average molecular weight is 354 g/mol. The van der Waals surface area contributed by atoms with Gasteiger partial charge in [-0.05, 0) is 50.7 Å². The molecule has 6 heteroatoms. The molecule has 2 unspecified atom stereocenters. The molecule has 2 saturated heterocycles. The summed E-state index contributed by atoms with van der Waals surface area (Å²) in [5, 5.41) is 6.50. The van der Waals surface area contributed by atoms with Crippen LogP contribution in [0.15, 0.2) is 35.1 Å². The number of aromatic nitrogens is 2. The molecule has 0 radical (unpaired) electrons. The first kappa shape index (κ1) is 17.1.